The third-order valence-electron chi connectivity index (χ3n) is 3.85. The molecule has 7 heteroatoms. The van der Waals surface area contributed by atoms with Crippen molar-refractivity contribution in [3.05, 3.63) is 69.8 Å². The lowest BCUT2D eigenvalue weighted by Crippen LogP contribution is -2.25. The monoisotopic (exact) mass is 348 g/mol. The van der Waals surface area contributed by atoms with Crippen molar-refractivity contribution in [1.82, 2.24) is 5.32 Å². The Morgan fingerprint density at radius 1 is 1.17 bits per heavy atom. The highest BCUT2D eigenvalue weighted by Crippen LogP contribution is 2.23. The summed E-state index contributed by atoms with van der Waals surface area (Å²) in [6, 6.07) is 13.1. The normalized spacial score (nSPS) is 12.8. The average molecular weight is 348 g/mol. The Morgan fingerprint density at radius 2 is 1.83 bits per heavy atom. The molecule has 0 aliphatic carbocycles. The Bertz CT molecular complexity index is 820. The zero-order valence-corrected chi connectivity index (χ0v) is 14.4. The maximum Gasteiger partial charge on any atom is 0.272 e. The number of nitro benzene ring substituents is 1. The van der Waals surface area contributed by atoms with E-state index >= 15 is 0 Å². The molecule has 0 fully saturated rings. The highest BCUT2D eigenvalue weighted by Gasteiger charge is 2.16. The van der Waals surface area contributed by atoms with Gasteiger partial charge in [0.15, 0.2) is 9.84 Å². The third-order valence-corrected chi connectivity index (χ3v) is 5.59. The molecule has 1 N–H and O–H groups in total. The first-order valence-corrected chi connectivity index (χ1v) is 9.22. The van der Waals surface area contributed by atoms with Crippen LogP contribution in [0.3, 0.4) is 0 Å². The van der Waals surface area contributed by atoms with Gasteiger partial charge in [-0.25, -0.2) is 8.42 Å². The van der Waals surface area contributed by atoms with E-state index < -0.39 is 14.8 Å². The van der Waals surface area contributed by atoms with Crippen molar-refractivity contribution < 1.29 is 13.3 Å². The van der Waals surface area contributed by atoms with Crippen molar-refractivity contribution in [2.24, 2.45) is 0 Å². The van der Waals surface area contributed by atoms with Crippen LogP contribution in [0.15, 0.2) is 53.4 Å². The molecule has 2 rings (SSSR count). The van der Waals surface area contributed by atoms with E-state index in [0.717, 1.165) is 5.56 Å². The second-order valence-electron chi connectivity index (χ2n) is 5.61. The minimum atomic E-state index is -3.34. The molecular formula is C17H20N2O4S. The van der Waals surface area contributed by atoms with E-state index in [4.69, 9.17) is 0 Å². The van der Waals surface area contributed by atoms with Crippen LogP contribution in [0, 0.1) is 17.0 Å². The van der Waals surface area contributed by atoms with Crippen LogP contribution < -0.4 is 5.32 Å². The fraction of sp³-hybridized carbons (Fsp3) is 0.294. The molecule has 1 atom stereocenters. The van der Waals surface area contributed by atoms with Crippen molar-refractivity contribution in [3.63, 3.8) is 0 Å². The molecule has 24 heavy (non-hydrogen) atoms. The highest BCUT2D eigenvalue weighted by molar-refractivity contribution is 7.91. The standard InChI is InChI=1S/C17H20N2O4S/c1-13-8-9-15(12-17(13)19(20)21)14(2)18-10-11-24(22,23)16-6-4-3-5-7-16/h3-9,12,14,18H,10-11H2,1-2H3/t14-/m1/s1. The number of benzene rings is 2. The molecule has 2 aromatic carbocycles. The summed E-state index contributed by atoms with van der Waals surface area (Å²) >= 11 is 0. The number of hydrogen-bond acceptors (Lipinski definition) is 5. The summed E-state index contributed by atoms with van der Waals surface area (Å²) in [6.07, 6.45) is 0. The fourth-order valence-corrected chi connectivity index (χ4v) is 3.56. The lowest BCUT2D eigenvalue weighted by atomic mass is 10.0. The SMILES string of the molecule is Cc1ccc([C@@H](C)NCCS(=O)(=O)c2ccccc2)cc1[N+](=O)[O-]. The zero-order chi connectivity index (χ0) is 17.7. The number of nitrogens with zero attached hydrogens (tertiary/aromatic N) is 1. The van der Waals surface area contributed by atoms with E-state index in [1.165, 1.54) is 6.07 Å². The lowest BCUT2D eigenvalue weighted by Gasteiger charge is -2.14. The lowest BCUT2D eigenvalue weighted by molar-refractivity contribution is -0.385. The molecule has 0 bridgehead atoms. The van der Waals surface area contributed by atoms with Crippen LogP contribution in [0.5, 0.6) is 0 Å². The Morgan fingerprint density at radius 3 is 2.46 bits per heavy atom. The molecule has 0 aromatic heterocycles. The largest absolute Gasteiger partial charge is 0.309 e. The summed E-state index contributed by atoms with van der Waals surface area (Å²) in [5, 5.41) is 14.1. The second kappa shape index (κ2) is 7.55. The molecule has 0 heterocycles. The number of aryl methyl sites for hydroxylation is 1. The van der Waals surface area contributed by atoms with E-state index in [-0.39, 0.29) is 24.0 Å². The first-order chi connectivity index (χ1) is 11.3. The summed E-state index contributed by atoms with van der Waals surface area (Å²) in [5.74, 6) is -0.0324. The molecule has 0 aliphatic rings. The van der Waals surface area contributed by atoms with Crippen LogP contribution in [0.4, 0.5) is 5.69 Å². The van der Waals surface area contributed by atoms with Gasteiger partial charge in [-0.1, -0.05) is 30.3 Å². The number of nitro groups is 1. The minimum Gasteiger partial charge on any atom is -0.309 e. The van der Waals surface area contributed by atoms with Gasteiger partial charge in [-0.05, 0) is 31.5 Å². The van der Waals surface area contributed by atoms with E-state index in [0.29, 0.717) is 10.5 Å². The number of rotatable bonds is 7. The van der Waals surface area contributed by atoms with Crippen molar-refractivity contribution >= 4 is 15.5 Å². The third kappa shape index (κ3) is 4.39. The molecule has 0 spiro atoms. The van der Waals surface area contributed by atoms with Crippen LogP contribution in [0.2, 0.25) is 0 Å². The van der Waals surface area contributed by atoms with Crippen LogP contribution in [-0.2, 0) is 9.84 Å². The maximum atomic E-state index is 12.2. The first kappa shape index (κ1) is 18.1. The van der Waals surface area contributed by atoms with E-state index in [2.05, 4.69) is 5.32 Å². The molecule has 0 radical (unpaired) electrons. The Kier molecular flexibility index (Phi) is 5.69. The summed E-state index contributed by atoms with van der Waals surface area (Å²) in [6.45, 7) is 3.80. The van der Waals surface area contributed by atoms with Gasteiger partial charge in [-0.3, -0.25) is 10.1 Å². The molecule has 2 aromatic rings. The minimum absolute atomic E-state index is 0.0324. The van der Waals surface area contributed by atoms with Gasteiger partial charge in [-0.15, -0.1) is 0 Å². The van der Waals surface area contributed by atoms with Gasteiger partial charge in [0.05, 0.1) is 15.6 Å². The summed E-state index contributed by atoms with van der Waals surface area (Å²) in [4.78, 5) is 10.9. The van der Waals surface area contributed by atoms with Gasteiger partial charge in [-0.2, -0.15) is 0 Å². The smallest absolute Gasteiger partial charge is 0.272 e. The van der Waals surface area contributed by atoms with Crippen LogP contribution in [0.1, 0.15) is 24.1 Å². The molecule has 0 saturated carbocycles. The molecule has 0 saturated heterocycles. The van der Waals surface area contributed by atoms with Gasteiger partial charge in [0, 0.05) is 24.2 Å². The Balaban J connectivity index is 2.00. The van der Waals surface area contributed by atoms with Gasteiger partial charge >= 0.3 is 0 Å². The van der Waals surface area contributed by atoms with Crippen LogP contribution in [0.25, 0.3) is 0 Å². The van der Waals surface area contributed by atoms with Crippen molar-refractivity contribution in [3.8, 4) is 0 Å². The fourth-order valence-electron chi connectivity index (χ4n) is 2.37. The first-order valence-electron chi connectivity index (χ1n) is 7.57. The average Bonchev–Trinajstić information content (AvgIpc) is 2.55. The van der Waals surface area contributed by atoms with Gasteiger partial charge in [0.1, 0.15) is 0 Å². The van der Waals surface area contributed by atoms with Crippen molar-refractivity contribution in [2.75, 3.05) is 12.3 Å². The summed E-state index contributed by atoms with van der Waals surface area (Å²) in [7, 11) is -3.34. The van der Waals surface area contributed by atoms with Crippen LogP contribution >= 0.6 is 0 Å². The zero-order valence-electron chi connectivity index (χ0n) is 13.6. The van der Waals surface area contributed by atoms with E-state index in [1.54, 1.807) is 43.3 Å². The molecule has 0 amide bonds. The molecule has 128 valence electrons. The molecule has 0 unspecified atom stereocenters. The van der Waals surface area contributed by atoms with E-state index in [9.17, 15) is 18.5 Å². The topological polar surface area (TPSA) is 89.3 Å². The van der Waals surface area contributed by atoms with Gasteiger partial charge in [0.2, 0.25) is 0 Å². The highest BCUT2D eigenvalue weighted by atomic mass is 32.2. The summed E-state index contributed by atoms with van der Waals surface area (Å²) in [5.41, 5.74) is 1.42. The molecule has 0 aliphatic heterocycles. The maximum absolute atomic E-state index is 12.2. The Hall–Kier alpha value is -2.25. The summed E-state index contributed by atoms with van der Waals surface area (Å²) < 4.78 is 24.4. The Labute approximate surface area is 141 Å². The van der Waals surface area contributed by atoms with Crippen molar-refractivity contribution in [1.29, 1.82) is 0 Å². The molecule has 6 nitrogen and oxygen atoms in total. The second-order valence-corrected chi connectivity index (χ2v) is 7.72. The van der Waals surface area contributed by atoms with Gasteiger partial charge in [0.25, 0.3) is 5.69 Å². The quantitative estimate of drug-likeness (QED) is 0.613. The van der Waals surface area contributed by atoms with Gasteiger partial charge < -0.3 is 5.32 Å². The predicted molar refractivity (Wildman–Crippen MR) is 92.7 cm³/mol. The van der Waals surface area contributed by atoms with E-state index in [1.807, 2.05) is 13.0 Å². The molecular weight excluding hydrogens is 328 g/mol. The van der Waals surface area contributed by atoms with Crippen LogP contribution in [-0.4, -0.2) is 25.6 Å². The predicted octanol–water partition coefficient (Wildman–Crippen LogP) is 3.03. The number of hydrogen-bond donors (Lipinski definition) is 1. The number of nitrogens with one attached hydrogen (secondary N) is 1. The number of sulfone groups is 1. The van der Waals surface area contributed by atoms with Crippen molar-refractivity contribution in [2.45, 2.75) is 24.8 Å².